The highest BCUT2D eigenvalue weighted by molar-refractivity contribution is 5.63. The molecule has 2 heterocycles. The van der Waals surface area contributed by atoms with Gasteiger partial charge in [0.15, 0.2) is 5.82 Å². The van der Waals surface area contributed by atoms with Crippen LogP contribution >= 0.6 is 0 Å². The fourth-order valence-corrected chi connectivity index (χ4v) is 2.81. The summed E-state index contributed by atoms with van der Waals surface area (Å²) in [5, 5.41) is 3.09. The average Bonchev–Trinajstić information content (AvgIpc) is 2.65. The van der Waals surface area contributed by atoms with Gasteiger partial charge in [0.2, 0.25) is 5.95 Å². The molecule has 0 bridgehead atoms. The van der Waals surface area contributed by atoms with Gasteiger partial charge < -0.3 is 14.8 Å². The van der Waals surface area contributed by atoms with Crippen LogP contribution in [0.3, 0.4) is 0 Å². The summed E-state index contributed by atoms with van der Waals surface area (Å²) >= 11 is 0. The van der Waals surface area contributed by atoms with Crippen LogP contribution < -0.4 is 15.8 Å². The molecule has 0 fully saturated rings. The molecule has 1 aromatic carbocycles. The molecule has 0 amide bonds. The van der Waals surface area contributed by atoms with Crippen molar-refractivity contribution in [1.82, 2.24) is 14.5 Å². The number of rotatable bonds is 6. The molecule has 0 atom stereocenters. The standard InChI is InChI=1S/C21H24FN5O/c1-14(2)12-27-13-15(5-10-19(27)28)20-18(22)11-23-21(25-20)24-16-6-8-17(9-7-16)26(3)4/h5-11,13-14H,12H2,1-4H3,(H,23,24,25). The number of hydrogen-bond donors (Lipinski definition) is 1. The van der Waals surface area contributed by atoms with Gasteiger partial charge in [-0.15, -0.1) is 0 Å². The number of aromatic nitrogens is 3. The van der Waals surface area contributed by atoms with Crippen LogP contribution in [0.15, 0.2) is 53.6 Å². The summed E-state index contributed by atoms with van der Waals surface area (Å²) in [5.41, 5.74) is 2.43. The molecule has 0 aliphatic carbocycles. The molecular weight excluding hydrogens is 357 g/mol. The molecular formula is C21H24FN5O. The largest absolute Gasteiger partial charge is 0.378 e. The second kappa shape index (κ2) is 8.21. The molecule has 3 aromatic rings. The molecule has 0 spiro atoms. The lowest BCUT2D eigenvalue weighted by Crippen LogP contribution is -2.21. The first-order valence-electron chi connectivity index (χ1n) is 9.11. The molecule has 146 valence electrons. The number of pyridine rings is 1. The molecule has 0 saturated carbocycles. The summed E-state index contributed by atoms with van der Waals surface area (Å²) < 4.78 is 16.0. The minimum Gasteiger partial charge on any atom is -0.378 e. The van der Waals surface area contributed by atoms with Gasteiger partial charge in [-0.1, -0.05) is 13.8 Å². The number of halogens is 1. The first kappa shape index (κ1) is 19.5. The first-order chi connectivity index (χ1) is 13.3. The lowest BCUT2D eigenvalue weighted by molar-refractivity contribution is 0.511. The Balaban J connectivity index is 1.90. The summed E-state index contributed by atoms with van der Waals surface area (Å²) in [6.07, 6.45) is 2.78. The van der Waals surface area contributed by atoms with Crippen LogP contribution in [-0.4, -0.2) is 28.6 Å². The maximum Gasteiger partial charge on any atom is 0.250 e. The van der Waals surface area contributed by atoms with Crippen molar-refractivity contribution in [2.75, 3.05) is 24.3 Å². The van der Waals surface area contributed by atoms with E-state index in [1.54, 1.807) is 16.8 Å². The number of nitrogens with zero attached hydrogens (tertiary/aromatic N) is 4. The number of nitrogens with one attached hydrogen (secondary N) is 1. The predicted octanol–water partition coefficient (Wildman–Crippen LogP) is 3.91. The zero-order valence-corrected chi connectivity index (χ0v) is 16.5. The van der Waals surface area contributed by atoms with Gasteiger partial charge in [-0.05, 0) is 36.2 Å². The van der Waals surface area contributed by atoms with Crippen LogP contribution in [0.1, 0.15) is 13.8 Å². The third-order valence-corrected chi connectivity index (χ3v) is 4.20. The van der Waals surface area contributed by atoms with Crippen LogP contribution in [-0.2, 0) is 6.54 Å². The molecule has 28 heavy (non-hydrogen) atoms. The van der Waals surface area contributed by atoms with Gasteiger partial charge in [0, 0.05) is 49.8 Å². The molecule has 0 saturated heterocycles. The smallest absolute Gasteiger partial charge is 0.250 e. The van der Waals surface area contributed by atoms with E-state index in [1.807, 2.05) is 57.1 Å². The van der Waals surface area contributed by atoms with Crippen molar-refractivity contribution >= 4 is 17.3 Å². The van der Waals surface area contributed by atoms with Crippen LogP contribution in [0.25, 0.3) is 11.3 Å². The molecule has 0 aliphatic heterocycles. The van der Waals surface area contributed by atoms with Gasteiger partial charge in [-0.2, -0.15) is 0 Å². The highest BCUT2D eigenvalue weighted by Crippen LogP contribution is 2.23. The van der Waals surface area contributed by atoms with E-state index in [1.165, 1.54) is 6.07 Å². The quantitative estimate of drug-likeness (QED) is 0.701. The minimum atomic E-state index is -0.539. The van der Waals surface area contributed by atoms with Crippen molar-refractivity contribution in [3.8, 4) is 11.3 Å². The number of benzene rings is 1. The van der Waals surface area contributed by atoms with E-state index in [0.29, 0.717) is 18.0 Å². The Morgan fingerprint density at radius 3 is 2.50 bits per heavy atom. The Hall–Kier alpha value is -3.22. The van der Waals surface area contributed by atoms with Gasteiger partial charge in [0.05, 0.1) is 6.20 Å². The Kier molecular flexibility index (Phi) is 5.73. The van der Waals surface area contributed by atoms with Crippen LogP contribution in [0.2, 0.25) is 0 Å². The molecule has 0 aliphatic rings. The Morgan fingerprint density at radius 1 is 1.14 bits per heavy atom. The first-order valence-corrected chi connectivity index (χ1v) is 9.11. The SMILES string of the molecule is CC(C)Cn1cc(-c2nc(Nc3ccc(N(C)C)cc3)ncc2F)ccc1=O. The second-order valence-electron chi connectivity index (χ2n) is 7.26. The molecule has 0 radical (unpaired) electrons. The zero-order chi connectivity index (χ0) is 20.3. The summed E-state index contributed by atoms with van der Waals surface area (Å²) in [6.45, 7) is 4.60. The van der Waals surface area contributed by atoms with E-state index in [9.17, 15) is 9.18 Å². The van der Waals surface area contributed by atoms with Crippen molar-refractivity contribution in [1.29, 1.82) is 0 Å². The van der Waals surface area contributed by atoms with Crippen molar-refractivity contribution in [3.05, 3.63) is 65.0 Å². The Labute approximate surface area is 163 Å². The van der Waals surface area contributed by atoms with E-state index in [0.717, 1.165) is 17.6 Å². The van der Waals surface area contributed by atoms with Crippen molar-refractivity contribution < 1.29 is 4.39 Å². The third kappa shape index (κ3) is 4.54. The van der Waals surface area contributed by atoms with E-state index < -0.39 is 5.82 Å². The molecule has 6 nitrogen and oxygen atoms in total. The average molecular weight is 381 g/mol. The number of anilines is 3. The van der Waals surface area contributed by atoms with E-state index in [4.69, 9.17) is 0 Å². The van der Waals surface area contributed by atoms with Gasteiger partial charge in [0.1, 0.15) is 5.69 Å². The van der Waals surface area contributed by atoms with Crippen molar-refractivity contribution in [2.24, 2.45) is 5.92 Å². The lowest BCUT2D eigenvalue weighted by Gasteiger charge is -2.13. The predicted molar refractivity (Wildman–Crippen MR) is 111 cm³/mol. The highest BCUT2D eigenvalue weighted by Gasteiger charge is 2.12. The summed E-state index contributed by atoms with van der Waals surface area (Å²) in [4.78, 5) is 22.4. The summed E-state index contributed by atoms with van der Waals surface area (Å²) in [5.74, 6) is 0.0458. The van der Waals surface area contributed by atoms with Crippen molar-refractivity contribution in [3.63, 3.8) is 0 Å². The van der Waals surface area contributed by atoms with Crippen LogP contribution in [0.5, 0.6) is 0 Å². The molecule has 0 unspecified atom stereocenters. The monoisotopic (exact) mass is 381 g/mol. The molecule has 3 rings (SSSR count). The fourth-order valence-electron chi connectivity index (χ4n) is 2.81. The van der Waals surface area contributed by atoms with E-state index in [-0.39, 0.29) is 17.2 Å². The molecule has 2 aromatic heterocycles. The number of hydrogen-bond acceptors (Lipinski definition) is 5. The normalized spacial score (nSPS) is 10.9. The zero-order valence-electron chi connectivity index (χ0n) is 16.5. The van der Waals surface area contributed by atoms with Crippen molar-refractivity contribution in [2.45, 2.75) is 20.4 Å². The van der Waals surface area contributed by atoms with E-state index in [2.05, 4.69) is 15.3 Å². The molecule has 7 heteroatoms. The second-order valence-corrected chi connectivity index (χ2v) is 7.26. The van der Waals surface area contributed by atoms with Gasteiger partial charge in [-0.3, -0.25) is 4.79 Å². The molecule has 1 N–H and O–H groups in total. The Bertz CT molecular complexity index is 1010. The topological polar surface area (TPSA) is 63.1 Å². The fraction of sp³-hybridized carbons (Fsp3) is 0.286. The van der Waals surface area contributed by atoms with Crippen LogP contribution in [0.4, 0.5) is 21.7 Å². The summed E-state index contributed by atoms with van der Waals surface area (Å²) in [6, 6.07) is 10.8. The highest BCUT2D eigenvalue weighted by atomic mass is 19.1. The van der Waals surface area contributed by atoms with E-state index >= 15 is 0 Å². The van der Waals surface area contributed by atoms with Gasteiger partial charge in [-0.25, -0.2) is 14.4 Å². The lowest BCUT2D eigenvalue weighted by atomic mass is 10.1. The van der Waals surface area contributed by atoms with Gasteiger partial charge >= 0.3 is 0 Å². The Morgan fingerprint density at radius 2 is 1.86 bits per heavy atom. The van der Waals surface area contributed by atoms with Crippen LogP contribution in [0, 0.1) is 11.7 Å². The summed E-state index contributed by atoms with van der Waals surface area (Å²) in [7, 11) is 3.94. The van der Waals surface area contributed by atoms with Gasteiger partial charge in [0.25, 0.3) is 5.56 Å². The maximum atomic E-state index is 14.4. The maximum absolute atomic E-state index is 14.4. The minimum absolute atomic E-state index is 0.119. The third-order valence-electron chi connectivity index (χ3n) is 4.20.